The van der Waals surface area contributed by atoms with E-state index in [0.717, 1.165) is 23.4 Å². The van der Waals surface area contributed by atoms with Gasteiger partial charge in [0.25, 0.3) is 0 Å². The van der Waals surface area contributed by atoms with Crippen LogP contribution in [-0.2, 0) is 25.8 Å². The van der Waals surface area contributed by atoms with Gasteiger partial charge in [-0.3, -0.25) is 0 Å². The average molecular weight is 410 g/mol. The third-order valence-electron chi connectivity index (χ3n) is 5.13. The number of methoxy groups -OCH3 is 2. The number of oxime groups is 2. The first-order valence-electron chi connectivity index (χ1n) is 9.67. The van der Waals surface area contributed by atoms with Gasteiger partial charge in [0.2, 0.25) is 0 Å². The highest BCUT2D eigenvalue weighted by molar-refractivity contribution is 6.43. The first-order chi connectivity index (χ1) is 14.6. The van der Waals surface area contributed by atoms with Crippen LogP contribution in [0.15, 0.2) is 58.8 Å². The van der Waals surface area contributed by atoms with E-state index in [1.54, 1.807) is 13.2 Å². The van der Waals surface area contributed by atoms with Gasteiger partial charge in [-0.05, 0) is 37.0 Å². The summed E-state index contributed by atoms with van der Waals surface area (Å²) in [6, 6.07) is 15.4. The summed E-state index contributed by atoms with van der Waals surface area (Å²) in [5, 5.41) is 8.11. The molecule has 7 nitrogen and oxygen atoms in total. The van der Waals surface area contributed by atoms with Crippen LogP contribution in [0.4, 0.5) is 0 Å². The highest BCUT2D eigenvalue weighted by Gasteiger charge is 2.40. The molecule has 158 valence electrons. The fraction of sp³-hybridized carbons (Fsp3) is 0.348. The highest BCUT2D eigenvalue weighted by Crippen LogP contribution is 2.48. The first-order valence-corrected chi connectivity index (χ1v) is 9.67. The maximum atomic E-state index is 12.0. The molecule has 0 amide bonds. The van der Waals surface area contributed by atoms with Crippen LogP contribution in [0.1, 0.15) is 36.0 Å². The van der Waals surface area contributed by atoms with Gasteiger partial charge in [-0.25, -0.2) is 4.79 Å². The summed E-state index contributed by atoms with van der Waals surface area (Å²) < 4.78 is 10.0. The van der Waals surface area contributed by atoms with Crippen molar-refractivity contribution in [3.05, 3.63) is 65.2 Å². The number of nitrogens with zero attached hydrogens (tertiary/aromatic N) is 2. The van der Waals surface area contributed by atoms with Gasteiger partial charge < -0.3 is 19.1 Å². The Morgan fingerprint density at radius 2 is 1.77 bits per heavy atom. The minimum Gasteiger partial charge on any atom is -0.497 e. The smallest absolute Gasteiger partial charge is 0.360 e. The Labute approximate surface area is 176 Å². The van der Waals surface area contributed by atoms with Crippen molar-refractivity contribution in [3.63, 3.8) is 0 Å². The van der Waals surface area contributed by atoms with E-state index in [-0.39, 0.29) is 12.3 Å². The minimum atomic E-state index is -0.579. The zero-order valence-corrected chi connectivity index (χ0v) is 17.6. The fourth-order valence-electron chi connectivity index (χ4n) is 3.41. The van der Waals surface area contributed by atoms with Gasteiger partial charge in [-0.1, -0.05) is 46.7 Å². The van der Waals surface area contributed by atoms with Gasteiger partial charge in [0.15, 0.2) is 5.71 Å². The number of carbonyl (C=O) groups excluding carboxylic acids is 1. The molecule has 0 bridgehead atoms. The molecule has 0 unspecified atom stereocenters. The summed E-state index contributed by atoms with van der Waals surface area (Å²) in [6.45, 7) is 2.18. The molecule has 3 rings (SSSR count). The first kappa shape index (κ1) is 21.4. The molecule has 2 atom stereocenters. The van der Waals surface area contributed by atoms with Crippen molar-refractivity contribution in [1.29, 1.82) is 0 Å². The van der Waals surface area contributed by atoms with Gasteiger partial charge in [0, 0.05) is 17.0 Å². The molecule has 1 fully saturated rings. The number of carbonyl (C=O) groups is 1. The maximum absolute atomic E-state index is 12.0. The predicted octanol–water partition coefficient (Wildman–Crippen LogP) is 3.91. The maximum Gasteiger partial charge on any atom is 0.360 e. The third kappa shape index (κ3) is 4.97. The van der Waals surface area contributed by atoms with E-state index in [9.17, 15) is 4.79 Å². The number of benzene rings is 2. The van der Waals surface area contributed by atoms with Crippen molar-refractivity contribution in [2.45, 2.75) is 25.9 Å². The molecule has 0 aromatic heterocycles. The van der Waals surface area contributed by atoms with Gasteiger partial charge in [0.05, 0.1) is 19.9 Å². The zero-order chi connectivity index (χ0) is 21.5. The van der Waals surface area contributed by atoms with E-state index in [1.165, 1.54) is 19.8 Å². The minimum absolute atomic E-state index is 0.0849. The molecule has 2 aromatic rings. The van der Waals surface area contributed by atoms with Crippen molar-refractivity contribution in [2.24, 2.45) is 16.2 Å². The second kappa shape index (κ2) is 9.91. The number of hydrogen-bond donors (Lipinski definition) is 0. The van der Waals surface area contributed by atoms with Gasteiger partial charge in [0.1, 0.15) is 19.5 Å². The van der Waals surface area contributed by atoms with E-state index in [0.29, 0.717) is 17.4 Å². The molecule has 1 saturated carbocycles. The summed E-state index contributed by atoms with van der Waals surface area (Å²) in [5.41, 5.74) is 3.66. The van der Waals surface area contributed by atoms with Gasteiger partial charge in [-0.2, -0.15) is 0 Å². The molecule has 7 heteroatoms. The van der Waals surface area contributed by atoms with Crippen LogP contribution in [0.25, 0.3) is 0 Å². The second-order valence-electron chi connectivity index (χ2n) is 7.00. The zero-order valence-electron chi connectivity index (χ0n) is 17.6. The summed E-state index contributed by atoms with van der Waals surface area (Å²) in [7, 11) is 4.34. The van der Waals surface area contributed by atoms with Crippen LogP contribution < -0.4 is 4.74 Å². The second-order valence-corrected chi connectivity index (χ2v) is 7.00. The monoisotopic (exact) mass is 410 g/mol. The largest absolute Gasteiger partial charge is 0.497 e. The fourth-order valence-corrected chi connectivity index (χ4v) is 3.41. The number of ether oxygens (including phenoxy) is 2. The van der Waals surface area contributed by atoms with Gasteiger partial charge in [-0.15, -0.1) is 0 Å². The Hall–Kier alpha value is -3.35. The van der Waals surface area contributed by atoms with Crippen LogP contribution in [0, 0.1) is 5.92 Å². The molecule has 0 heterocycles. The number of esters is 1. The highest BCUT2D eigenvalue weighted by atomic mass is 16.6. The van der Waals surface area contributed by atoms with Crippen LogP contribution in [0.3, 0.4) is 0 Å². The SMILES string of the molecule is CON=C(C(=O)OC)c1ccccc1CON=C(C)[C@@H]1C[C@H]1c1ccc(OC)cc1. The van der Waals surface area contributed by atoms with Crippen molar-refractivity contribution in [2.75, 3.05) is 21.3 Å². The Morgan fingerprint density at radius 1 is 1.03 bits per heavy atom. The van der Waals surface area contributed by atoms with E-state index in [2.05, 4.69) is 22.4 Å². The van der Waals surface area contributed by atoms with Gasteiger partial charge >= 0.3 is 5.97 Å². The molecule has 0 aliphatic heterocycles. The van der Waals surface area contributed by atoms with Crippen molar-refractivity contribution in [1.82, 2.24) is 0 Å². The lowest BCUT2D eigenvalue weighted by molar-refractivity contribution is -0.132. The van der Waals surface area contributed by atoms with Crippen molar-refractivity contribution >= 4 is 17.4 Å². The molecule has 2 aromatic carbocycles. The van der Waals surface area contributed by atoms with E-state index in [4.69, 9.17) is 19.1 Å². The lowest BCUT2D eigenvalue weighted by atomic mass is 10.0. The third-order valence-corrected chi connectivity index (χ3v) is 5.13. The van der Waals surface area contributed by atoms with Crippen LogP contribution >= 0.6 is 0 Å². The normalized spacial score (nSPS) is 18.5. The molecule has 0 spiro atoms. The summed E-state index contributed by atoms with van der Waals surface area (Å²) >= 11 is 0. The Kier molecular flexibility index (Phi) is 7.06. The molecule has 1 aliphatic carbocycles. The predicted molar refractivity (Wildman–Crippen MR) is 114 cm³/mol. The molecular formula is C23H26N2O5. The summed E-state index contributed by atoms with van der Waals surface area (Å²) in [6.07, 6.45) is 1.05. The average Bonchev–Trinajstić information content (AvgIpc) is 3.58. The van der Waals surface area contributed by atoms with Crippen LogP contribution in [-0.4, -0.2) is 38.7 Å². The van der Waals surface area contributed by atoms with E-state index >= 15 is 0 Å². The standard InChI is InChI=1S/C23H26N2O5/c1-15(20-13-21(20)16-9-11-18(27-2)12-10-16)24-30-14-17-7-5-6-8-19(17)22(25-29-4)23(26)28-3/h5-12,20-21H,13-14H2,1-4H3/t20-,21-/m0/s1. The molecular weight excluding hydrogens is 384 g/mol. The number of hydrogen-bond acceptors (Lipinski definition) is 7. The molecule has 0 saturated heterocycles. The lowest BCUT2D eigenvalue weighted by Crippen LogP contribution is -2.19. The lowest BCUT2D eigenvalue weighted by Gasteiger charge is -2.10. The van der Waals surface area contributed by atoms with Crippen LogP contribution in [0.2, 0.25) is 0 Å². The number of rotatable bonds is 9. The van der Waals surface area contributed by atoms with E-state index < -0.39 is 5.97 Å². The Balaban J connectivity index is 1.64. The Morgan fingerprint density at radius 3 is 2.43 bits per heavy atom. The quantitative estimate of drug-likeness (QED) is 0.356. The molecule has 1 aliphatic rings. The topological polar surface area (TPSA) is 78.7 Å². The Bertz CT molecular complexity index is 937. The van der Waals surface area contributed by atoms with Crippen LogP contribution in [0.5, 0.6) is 5.75 Å². The van der Waals surface area contributed by atoms with Crippen molar-refractivity contribution in [3.8, 4) is 5.75 Å². The summed E-state index contributed by atoms with van der Waals surface area (Å²) in [4.78, 5) is 22.4. The molecule has 0 radical (unpaired) electrons. The van der Waals surface area contributed by atoms with Crippen molar-refractivity contribution < 1.29 is 23.9 Å². The molecule has 30 heavy (non-hydrogen) atoms. The molecule has 0 N–H and O–H groups in total. The summed E-state index contributed by atoms with van der Waals surface area (Å²) in [5.74, 6) is 1.10. The van der Waals surface area contributed by atoms with E-state index in [1.807, 2.05) is 37.3 Å².